The molecule has 0 radical (unpaired) electrons. The number of aryl methyl sites for hydroxylation is 1. The minimum atomic E-state index is -3.82. The first-order valence-corrected chi connectivity index (χ1v) is 8.92. The summed E-state index contributed by atoms with van der Waals surface area (Å²) in [5.74, 6) is -0.246. The van der Waals surface area contributed by atoms with E-state index in [0.717, 1.165) is 24.8 Å². The predicted molar refractivity (Wildman–Crippen MR) is 78.5 cm³/mol. The van der Waals surface area contributed by atoms with Gasteiger partial charge in [0.15, 0.2) is 0 Å². The third-order valence-corrected chi connectivity index (χ3v) is 5.42. The molecule has 1 fully saturated rings. The van der Waals surface area contributed by atoms with Gasteiger partial charge >= 0.3 is 0 Å². The standard InChI is InChI=1S/C14H18ClNO3S/c1-3-14(6-7-14)9-16-13(17)12-8-11(20(15,18)19)5-4-10(12)2/h4-5,8H,3,6-7,9H2,1-2H3,(H,16,17). The summed E-state index contributed by atoms with van der Waals surface area (Å²) in [6.45, 7) is 4.52. The molecule has 20 heavy (non-hydrogen) atoms. The summed E-state index contributed by atoms with van der Waals surface area (Å²) in [7, 11) is 1.49. The molecule has 0 aliphatic heterocycles. The van der Waals surface area contributed by atoms with E-state index >= 15 is 0 Å². The van der Waals surface area contributed by atoms with Crippen molar-refractivity contribution in [2.75, 3.05) is 6.54 Å². The largest absolute Gasteiger partial charge is 0.351 e. The Morgan fingerprint density at radius 3 is 2.55 bits per heavy atom. The average molecular weight is 316 g/mol. The van der Waals surface area contributed by atoms with E-state index < -0.39 is 9.05 Å². The molecule has 1 amide bonds. The molecule has 1 aromatic carbocycles. The summed E-state index contributed by atoms with van der Waals surface area (Å²) in [6, 6.07) is 4.33. The Hall–Kier alpha value is -1.07. The van der Waals surface area contributed by atoms with Crippen molar-refractivity contribution in [3.63, 3.8) is 0 Å². The number of hydrogen-bond acceptors (Lipinski definition) is 3. The van der Waals surface area contributed by atoms with Crippen LogP contribution in [0.1, 0.15) is 42.1 Å². The number of rotatable bonds is 5. The second-order valence-corrected chi connectivity index (χ2v) is 8.02. The van der Waals surface area contributed by atoms with Crippen molar-refractivity contribution in [3.8, 4) is 0 Å². The van der Waals surface area contributed by atoms with Crippen molar-refractivity contribution in [1.82, 2.24) is 5.32 Å². The summed E-state index contributed by atoms with van der Waals surface area (Å²) in [4.78, 5) is 12.1. The van der Waals surface area contributed by atoms with E-state index in [4.69, 9.17) is 10.7 Å². The molecule has 1 N–H and O–H groups in total. The van der Waals surface area contributed by atoms with Crippen LogP contribution in [0.15, 0.2) is 23.1 Å². The van der Waals surface area contributed by atoms with Crippen molar-refractivity contribution < 1.29 is 13.2 Å². The topological polar surface area (TPSA) is 63.2 Å². The van der Waals surface area contributed by atoms with Gasteiger partial charge in [-0.1, -0.05) is 13.0 Å². The Labute approximate surface area is 123 Å². The van der Waals surface area contributed by atoms with Crippen molar-refractivity contribution in [3.05, 3.63) is 29.3 Å². The lowest BCUT2D eigenvalue weighted by Gasteiger charge is -2.14. The van der Waals surface area contributed by atoms with Crippen molar-refractivity contribution in [2.24, 2.45) is 5.41 Å². The molecular formula is C14H18ClNO3S. The maximum absolute atomic E-state index is 12.2. The molecule has 0 saturated heterocycles. The number of benzene rings is 1. The predicted octanol–water partition coefficient (Wildman–Crippen LogP) is 2.84. The van der Waals surface area contributed by atoms with Crippen LogP contribution in [0.4, 0.5) is 0 Å². The molecule has 1 aliphatic rings. The second kappa shape index (κ2) is 5.37. The number of hydrogen-bond donors (Lipinski definition) is 1. The number of nitrogens with one attached hydrogen (secondary N) is 1. The van der Waals surface area contributed by atoms with Gasteiger partial charge in [-0.2, -0.15) is 0 Å². The molecule has 1 aromatic rings. The van der Waals surface area contributed by atoms with Crippen LogP contribution < -0.4 is 5.32 Å². The Morgan fingerprint density at radius 1 is 1.40 bits per heavy atom. The minimum absolute atomic E-state index is 0.0495. The first-order valence-electron chi connectivity index (χ1n) is 6.61. The van der Waals surface area contributed by atoms with Crippen LogP contribution in [0, 0.1) is 12.3 Å². The lowest BCUT2D eigenvalue weighted by molar-refractivity contribution is 0.0943. The van der Waals surface area contributed by atoms with Gasteiger partial charge in [0.1, 0.15) is 0 Å². The van der Waals surface area contributed by atoms with Crippen LogP contribution in [0.25, 0.3) is 0 Å². The van der Waals surface area contributed by atoms with Crippen LogP contribution in [0.3, 0.4) is 0 Å². The summed E-state index contributed by atoms with van der Waals surface area (Å²) in [5, 5.41) is 2.90. The Morgan fingerprint density at radius 2 is 2.05 bits per heavy atom. The fourth-order valence-corrected chi connectivity index (χ4v) is 2.97. The summed E-state index contributed by atoms with van der Waals surface area (Å²) in [5.41, 5.74) is 1.34. The Kier molecular flexibility index (Phi) is 4.12. The van der Waals surface area contributed by atoms with Crippen molar-refractivity contribution in [1.29, 1.82) is 0 Å². The van der Waals surface area contributed by atoms with E-state index in [1.165, 1.54) is 12.1 Å². The number of amides is 1. The van der Waals surface area contributed by atoms with E-state index in [1.54, 1.807) is 13.0 Å². The highest BCUT2D eigenvalue weighted by atomic mass is 35.7. The first kappa shape index (κ1) is 15.3. The van der Waals surface area contributed by atoms with Gasteiger partial charge in [-0.3, -0.25) is 4.79 Å². The molecule has 2 rings (SSSR count). The highest BCUT2D eigenvalue weighted by molar-refractivity contribution is 8.13. The van der Waals surface area contributed by atoms with Gasteiger partial charge < -0.3 is 5.32 Å². The van der Waals surface area contributed by atoms with Crippen LogP contribution in [-0.2, 0) is 9.05 Å². The zero-order valence-electron chi connectivity index (χ0n) is 11.6. The quantitative estimate of drug-likeness (QED) is 0.850. The van der Waals surface area contributed by atoms with Gasteiger partial charge in [-0.25, -0.2) is 8.42 Å². The third-order valence-electron chi connectivity index (χ3n) is 4.07. The van der Waals surface area contributed by atoms with E-state index in [2.05, 4.69) is 12.2 Å². The van der Waals surface area contributed by atoms with Gasteiger partial charge in [0.2, 0.25) is 0 Å². The maximum atomic E-state index is 12.2. The SMILES string of the molecule is CCC1(CNC(=O)c2cc(S(=O)(=O)Cl)ccc2C)CC1. The van der Waals surface area contributed by atoms with Crippen LogP contribution in [-0.4, -0.2) is 20.9 Å². The molecule has 0 atom stereocenters. The zero-order valence-corrected chi connectivity index (χ0v) is 13.1. The van der Waals surface area contributed by atoms with Gasteiger partial charge in [0.05, 0.1) is 4.90 Å². The van der Waals surface area contributed by atoms with Gasteiger partial charge in [0.25, 0.3) is 15.0 Å². The van der Waals surface area contributed by atoms with E-state index in [0.29, 0.717) is 12.1 Å². The molecule has 6 heteroatoms. The Bertz CT molecular complexity index is 636. The monoisotopic (exact) mass is 315 g/mol. The molecule has 0 spiro atoms. The molecule has 0 bridgehead atoms. The molecule has 0 aromatic heterocycles. The normalized spacial score (nSPS) is 16.8. The molecular weight excluding hydrogens is 298 g/mol. The smallest absolute Gasteiger partial charge is 0.261 e. The van der Waals surface area contributed by atoms with Crippen molar-refractivity contribution >= 4 is 25.6 Å². The zero-order chi connectivity index (χ0) is 15.0. The molecule has 0 heterocycles. The number of carbonyl (C=O) groups is 1. The van der Waals surface area contributed by atoms with Crippen molar-refractivity contribution in [2.45, 2.75) is 38.0 Å². The van der Waals surface area contributed by atoms with E-state index in [9.17, 15) is 13.2 Å². The fraction of sp³-hybridized carbons (Fsp3) is 0.500. The minimum Gasteiger partial charge on any atom is -0.351 e. The summed E-state index contributed by atoms with van der Waals surface area (Å²) >= 11 is 0. The molecule has 4 nitrogen and oxygen atoms in total. The third kappa shape index (κ3) is 3.33. The molecule has 0 unspecified atom stereocenters. The first-order chi connectivity index (χ1) is 9.27. The average Bonchev–Trinajstić information content (AvgIpc) is 3.16. The van der Waals surface area contributed by atoms with E-state index in [1.807, 2.05) is 0 Å². The van der Waals surface area contributed by atoms with Crippen LogP contribution >= 0.6 is 10.7 Å². The van der Waals surface area contributed by atoms with Crippen LogP contribution in [0.2, 0.25) is 0 Å². The van der Waals surface area contributed by atoms with Crippen LogP contribution in [0.5, 0.6) is 0 Å². The highest BCUT2D eigenvalue weighted by Gasteiger charge is 2.40. The summed E-state index contributed by atoms with van der Waals surface area (Å²) in [6.07, 6.45) is 3.32. The summed E-state index contributed by atoms with van der Waals surface area (Å²) < 4.78 is 22.7. The van der Waals surface area contributed by atoms with Gasteiger partial charge in [-0.05, 0) is 49.3 Å². The Balaban J connectivity index is 2.17. The fourth-order valence-electron chi connectivity index (χ4n) is 2.19. The van der Waals surface area contributed by atoms with Gasteiger partial charge in [0, 0.05) is 22.8 Å². The molecule has 1 aliphatic carbocycles. The highest BCUT2D eigenvalue weighted by Crippen LogP contribution is 2.47. The maximum Gasteiger partial charge on any atom is 0.261 e. The number of halogens is 1. The second-order valence-electron chi connectivity index (χ2n) is 5.45. The van der Waals surface area contributed by atoms with E-state index in [-0.39, 0.29) is 16.2 Å². The molecule has 110 valence electrons. The molecule has 1 saturated carbocycles. The van der Waals surface area contributed by atoms with Gasteiger partial charge in [-0.15, -0.1) is 0 Å². The number of carbonyl (C=O) groups excluding carboxylic acids is 1. The lowest BCUT2D eigenvalue weighted by atomic mass is 10.0. The lowest BCUT2D eigenvalue weighted by Crippen LogP contribution is -2.30.